The minimum atomic E-state index is -0.541. The first-order valence-corrected chi connectivity index (χ1v) is 10.7. The maximum Gasteiger partial charge on any atom is 0.325 e. The first kappa shape index (κ1) is 23.7. The van der Waals surface area contributed by atoms with E-state index in [0.29, 0.717) is 54.8 Å². The van der Waals surface area contributed by atoms with Crippen molar-refractivity contribution in [3.05, 3.63) is 54.2 Å². The molecule has 0 radical (unpaired) electrons. The highest BCUT2D eigenvalue weighted by atomic mass is 16.5. The maximum atomic E-state index is 12.4. The number of pyridine rings is 1. The van der Waals surface area contributed by atoms with Crippen LogP contribution < -0.4 is 14.8 Å². The van der Waals surface area contributed by atoms with Gasteiger partial charge in [0.25, 0.3) is 5.91 Å². The second-order valence-electron chi connectivity index (χ2n) is 6.79. The molecule has 1 amide bonds. The Morgan fingerprint density at radius 3 is 2.67 bits per heavy atom. The lowest BCUT2D eigenvalue weighted by molar-refractivity contribution is -0.142. The summed E-state index contributed by atoms with van der Waals surface area (Å²) in [5.41, 5.74) is 1.12. The van der Waals surface area contributed by atoms with Crippen LogP contribution in [-0.4, -0.2) is 53.4 Å². The zero-order valence-electron chi connectivity index (χ0n) is 18.6. The molecule has 0 fully saturated rings. The standard InChI is InChI=1S/C23H26N4O6/c1-3-30-18-10-9-16(13-19(18)31-4-2)23(29)25-15-21(28)32-12-6-8-20-26-22(27-33-20)17-7-5-11-24-14-17/h5,7,9-11,13-14H,3-4,6,8,12,15H2,1-2H3,(H,25,29). The summed E-state index contributed by atoms with van der Waals surface area (Å²) in [4.78, 5) is 32.6. The summed E-state index contributed by atoms with van der Waals surface area (Å²) in [6, 6.07) is 8.48. The van der Waals surface area contributed by atoms with Crippen molar-refractivity contribution in [2.24, 2.45) is 0 Å². The number of hydrogen-bond acceptors (Lipinski definition) is 9. The van der Waals surface area contributed by atoms with Crippen molar-refractivity contribution in [2.45, 2.75) is 26.7 Å². The van der Waals surface area contributed by atoms with E-state index in [1.807, 2.05) is 19.9 Å². The maximum absolute atomic E-state index is 12.4. The Morgan fingerprint density at radius 1 is 1.09 bits per heavy atom. The molecule has 0 aliphatic carbocycles. The van der Waals surface area contributed by atoms with E-state index in [1.54, 1.807) is 36.7 Å². The summed E-state index contributed by atoms with van der Waals surface area (Å²) >= 11 is 0. The van der Waals surface area contributed by atoms with Crippen LogP contribution in [0.15, 0.2) is 47.2 Å². The predicted octanol–water partition coefficient (Wildman–Crippen LogP) is 2.83. The molecule has 174 valence electrons. The van der Waals surface area contributed by atoms with Gasteiger partial charge in [-0.3, -0.25) is 14.6 Å². The normalized spacial score (nSPS) is 10.5. The van der Waals surface area contributed by atoms with E-state index in [-0.39, 0.29) is 13.2 Å². The number of nitrogens with zero attached hydrogens (tertiary/aromatic N) is 3. The van der Waals surface area contributed by atoms with Crippen LogP contribution in [0.1, 0.15) is 36.5 Å². The summed E-state index contributed by atoms with van der Waals surface area (Å²) in [5.74, 6) is 0.982. The number of benzene rings is 1. The molecule has 0 saturated heterocycles. The molecular weight excluding hydrogens is 428 g/mol. The number of esters is 1. The third-order valence-corrected chi connectivity index (χ3v) is 4.38. The molecule has 33 heavy (non-hydrogen) atoms. The van der Waals surface area contributed by atoms with Crippen LogP contribution in [0.2, 0.25) is 0 Å². The van der Waals surface area contributed by atoms with Gasteiger partial charge < -0.3 is 24.1 Å². The zero-order valence-corrected chi connectivity index (χ0v) is 18.6. The van der Waals surface area contributed by atoms with Crippen LogP contribution in [0.3, 0.4) is 0 Å². The smallest absolute Gasteiger partial charge is 0.325 e. The van der Waals surface area contributed by atoms with Crippen LogP contribution >= 0.6 is 0 Å². The number of aromatic nitrogens is 3. The first-order valence-electron chi connectivity index (χ1n) is 10.7. The molecule has 0 saturated carbocycles. The van der Waals surface area contributed by atoms with Crippen molar-refractivity contribution in [3.8, 4) is 22.9 Å². The number of carbonyl (C=O) groups excluding carboxylic acids is 2. The van der Waals surface area contributed by atoms with Crippen molar-refractivity contribution >= 4 is 11.9 Å². The molecule has 10 nitrogen and oxygen atoms in total. The molecule has 2 heterocycles. The highest BCUT2D eigenvalue weighted by molar-refractivity contribution is 5.96. The van der Waals surface area contributed by atoms with Crippen molar-refractivity contribution in [3.63, 3.8) is 0 Å². The highest BCUT2D eigenvalue weighted by Crippen LogP contribution is 2.28. The fourth-order valence-corrected chi connectivity index (χ4v) is 2.88. The quantitative estimate of drug-likeness (QED) is 0.325. The number of carbonyl (C=O) groups is 2. The van der Waals surface area contributed by atoms with Gasteiger partial charge in [0.15, 0.2) is 11.5 Å². The van der Waals surface area contributed by atoms with Crippen LogP contribution in [0, 0.1) is 0 Å². The molecule has 0 aliphatic heterocycles. The van der Waals surface area contributed by atoms with Crippen LogP contribution in [0.5, 0.6) is 11.5 Å². The van der Waals surface area contributed by atoms with Gasteiger partial charge in [-0.05, 0) is 50.6 Å². The Labute approximate surface area is 191 Å². The van der Waals surface area contributed by atoms with Gasteiger partial charge >= 0.3 is 5.97 Å². The lowest BCUT2D eigenvalue weighted by Gasteiger charge is -2.12. The van der Waals surface area contributed by atoms with Crippen molar-refractivity contribution in [1.29, 1.82) is 0 Å². The van der Waals surface area contributed by atoms with Crippen molar-refractivity contribution in [1.82, 2.24) is 20.4 Å². The molecule has 1 aromatic carbocycles. The molecule has 3 rings (SSSR count). The molecule has 0 atom stereocenters. The molecule has 0 unspecified atom stereocenters. The van der Waals surface area contributed by atoms with Crippen LogP contribution in [0.4, 0.5) is 0 Å². The van der Waals surface area contributed by atoms with Gasteiger partial charge in [0.2, 0.25) is 11.7 Å². The topological polar surface area (TPSA) is 126 Å². The molecule has 2 aromatic heterocycles. The largest absolute Gasteiger partial charge is 0.490 e. The van der Waals surface area contributed by atoms with Crippen LogP contribution in [0.25, 0.3) is 11.4 Å². The molecule has 3 aromatic rings. The Hall–Kier alpha value is -3.95. The molecule has 1 N–H and O–H groups in total. The molecule has 0 bridgehead atoms. The van der Waals surface area contributed by atoms with E-state index in [2.05, 4.69) is 20.4 Å². The summed E-state index contributed by atoms with van der Waals surface area (Å²) in [7, 11) is 0. The summed E-state index contributed by atoms with van der Waals surface area (Å²) in [6.45, 7) is 4.54. The van der Waals surface area contributed by atoms with E-state index >= 15 is 0 Å². The minimum Gasteiger partial charge on any atom is -0.490 e. The Morgan fingerprint density at radius 2 is 1.91 bits per heavy atom. The van der Waals surface area contributed by atoms with E-state index in [0.717, 1.165) is 5.56 Å². The number of ether oxygens (including phenoxy) is 3. The van der Waals surface area contributed by atoms with Gasteiger partial charge in [-0.1, -0.05) is 5.16 Å². The average molecular weight is 454 g/mol. The summed E-state index contributed by atoms with van der Waals surface area (Å²) in [5, 5.41) is 6.46. The molecule has 10 heteroatoms. The highest BCUT2D eigenvalue weighted by Gasteiger charge is 2.13. The van der Waals surface area contributed by atoms with Crippen LogP contribution in [-0.2, 0) is 16.0 Å². The fourth-order valence-electron chi connectivity index (χ4n) is 2.88. The lowest BCUT2D eigenvalue weighted by atomic mass is 10.2. The SMILES string of the molecule is CCOc1ccc(C(=O)NCC(=O)OCCCc2nc(-c3cccnc3)no2)cc1OCC. The second kappa shape index (κ2) is 12.2. The number of nitrogens with one attached hydrogen (secondary N) is 1. The van der Waals surface area contributed by atoms with Gasteiger partial charge in [-0.2, -0.15) is 4.98 Å². The number of rotatable bonds is 12. The van der Waals surface area contributed by atoms with Gasteiger partial charge in [0.05, 0.1) is 19.8 Å². The monoisotopic (exact) mass is 454 g/mol. The van der Waals surface area contributed by atoms with E-state index in [9.17, 15) is 9.59 Å². The van der Waals surface area contributed by atoms with Gasteiger partial charge in [0.1, 0.15) is 6.54 Å². The van der Waals surface area contributed by atoms with Gasteiger partial charge in [0, 0.05) is 29.9 Å². The summed E-state index contributed by atoms with van der Waals surface area (Å²) in [6.07, 6.45) is 4.28. The fraction of sp³-hybridized carbons (Fsp3) is 0.348. The Kier molecular flexibility index (Phi) is 8.75. The second-order valence-corrected chi connectivity index (χ2v) is 6.79. The van der Waals surface area contributed by atoms with Crippen molar-refractivity contribution < 1.29 is 28.3 Å². The Balaban J connectivity index is 1.39. The van der Waals surface area contributed by atoms with Gasteiger partial charge in [-0.25, -0.2) is 0 Å². The minimum absolute atomic E-state index is 0.164. The Bertz CT molecular complexity index is 1050. The number of amides is 1. The van der Waals surface area contributed by atoms with Crippen molar-refractivity contribution in [2.75, 3.05) is 26.4 Å². The summed E-state index contributed by atoms with van der Waals surface area (Å²) < 4.78 is 21.4. The average Bonchev–Trinajstić information content (AvgIpc) is 3.31. The lowest BCUT2D eigenvalue weighted by Crippen LogP contribution is -2.30. The third kappa shape index (κ3) is 7.03. The molecular formula is C23H26N4O6. The van der Waals surface area contributed by atoms with E-state index in [4.69, 9.17) is 18.7 Å². The predicted molar refractivity (Wildman–Crippen MR) is 118 cm³/mol. The van der Waals surface area contributed by atoms with E-state index in [1.165, 1.54) is 0 Å². The first-order chi connectivity index (χ1) is 16.1. The number of hydrogen-bond donors (Lipinski definition) is 1. The molecule has 0 spiro atoms. The zero-order chi connectivity index (χ0) is 23.5. The van der Waals surface area contributed by atoms with Gasteiger partial charge in [-0.15, -0.1) is 0 Å². The van der Waals surface area contributed by atoms with E-state index < -0.39 is 11.9 Å². The third-order valence-electron chi connectivity index (χ3n) is 4.38. The molecule has 0 aliphatic rings. The number of aryl methyl sites for hydroxylation is 1.